The molecule has 2 heterocycles. The Morgan fingerprint density at radius 1 is 1.19 bits per heavy atom. The van der Waals surface area contributed by atoms with Gasteiger partial charge in [-0.05, 0) is 66.9 Å². The van der Waals surface area contributed by atoms with Gasteiger partial charge in [-0.1, -0.05) is 54.9 Å². The van der Waals surface area contributed by atoms with Crippen molar-refractivity contribution in [3.05, 3.63) is 57.7 Å². The van der Waals surface area contributed by atoms with Crippen LogP contribution in [0, 0.1) is 12.3 Å². The van der Waals surface area contributed by atoms with Gasteiger partial charge in [-0.25, -0.2) is 0 Å². The second kappa shape index (κ2) is 10.1. The average Bonchev–Trinajstić information content (AvgIpc) is 2.76. The van der Waals surface area contributed by atoms with Crippen molar-refractivity contribution in [2.45, 2.75) is 117 Å². The van der Waals surface area contributed by atoms with E-state index in [0.29, 0.717) is 5.56 Å². The SMILES string of the molecule is CCC1(C)Cc2nc(C(C)C)c(C(O)c3ccc(C(F)(F)F)cn3)c(C)c2C(O[Si](C)(C)C(C)(C)C)C1. The molecular formula is C29H43F3N2O2Si. The molecule has 1 aliphatic carbocycles. The van der Waals surface area contributed by atoms with Crippen LogP contribution in [-0.2, 0) is 17.0 Å². The van der Waals surface area contributed by atoms with Crippen LogP contribution < -0.4 is 0 Å². The Kier molecular flexibility index (Phi) is 8.11. The Balaban J connectivity index is 2.20. The predicted molar refractivity (Wildman–Crippen MR) is 144 cm³/mol. The molecule has 0 bridgehead atoms. The number of halogens is 3. The standard InChI is InChI=1S/C29H43F3N2O2Si/c1-11-28(8)14-21-23(22(15-28)36-37(9,10)27(5,6)7)18(4)24(25(34-21)17(2)3)26(35)20-13-12-19(16-33-20)29(30,31)32/h12-13,16-17,22,26,35H,11,14-15H2,1-10H3. The Morgan fingerprint density at radius 3 is 2.27 bits per heavy atom. The number of hydrogen-bond acceptors (Lipinski definition) is 4. The molecule has 0 saturated carbocycles. The lowest BCUT2D eigenvalue weighted by Gasteiger charge is -2.45. The first-order valence-corrected chi connectivity index (χ1v) is 16.1. The maximum absolute atomic E-state index is 13.1. The highest BCUT2D eigenvalue weighted by Gasteiger charge is 2.45. The maximum Gasteiger partial charge on any atom is 0.417 e. The fraction of sp³-hybridized carbons (Fsp3) is 0.655. The van der Waals surface area contributed by atoms with Crippen molar-refractivity contribution in [1.29, 1.82) is 0 Å². The summed E-state index contributed by atoms with van der Waals surface area (Å²) in [4.78, 5) is 9.13. The second-order valence-electron chi connectivity index (χ2n) is 12.8. The normalized spacial score (nSPS) is 21.8. The van der Waals surface area contributed by atoms with Crippen LogP contribution >= 0.6 is 0 Å². The molecule has 2 aromatic rings. The van der Waals surface area contributed by atoms with Gasteiger partial charge in [-0.15, -0.1) is 0 Å². The molecule has 4 nitrogen and oxygen atoms in total. The number of aliphatic hydroxyl groups is 1. The van der Waals surface area contributed by atoms with Gasteiger partial charge < -0.3 is 9.53 Å². The number of nitrogens with zero attached hydrogens (tertiary/aromatic N) is 2. The van der Waals surface area contributed by atoms with Crippen LogP contribution in [0.2, 0.25) is 18.1 Å². The lowest BCUT2D eigenvalue weighted by Crippen LogP contribution is -2.44. The van der Waals surface area contributed by atoms with Crippen LogP contribution in [-0.4, -0.2) is 23.4 Å². The Bertz CT molecular complexity index is 1120. The van der Waals surface area contributed by atoms with Crippen LogP contribution in [0.3, 0.4) is 0 Å². The van der Waals surface area contributed by atoms with Gasteiger partial charge in [0.15, 0.2) is 8.32 Å². The minimum atomic E-state index is -4.48. The number of fused-ring (bicyclic) bond motifs is 1. The number of pyridine rings is 2. The van der Waals surface area contributed by atoms with E-state index in [1.807, 2.05) is 20.8 Å². The van der Waals surface area contributed by atoms with Crippen molar-refractivity contribution in [3.8, 4) is 0 Å². The summed E-state index contributed by atoms with van der Waals surface area (Å²) in [5, 5.41) is 11.5. The Hall–Kier alpha value is -1.77. The maximum atomic E-state index is 13.1. The molecule has 0 amide bonds. The van der Waals surface area contributed by atoms with E-state index in [1.54, 1.807) is 0 Å². The quantitative estimate of drug-likeness (QED) is 0.376. The van der Waals surface area contributed by atoms with Gasteiger partial charge in [0.05, 0.1) is 17.4 Å². The van der Waals surface area contributed by atoms with E-state index in [1.165, 1.54) is 6.07 Å². The van der Waals surface area contributed by atoms with Gasteiger partial charge in [0.25, 0.3) is 0 Å². The van der Waals surface area contributed by atoms with Crippen LogP contribution in [0.25, 0.3) is 0 Å². The van der Waals surface area contributed by atoms with Crippen molar-refractivity contribution in [3.63, 3.8) is 0 Å². The van der Waals surface area contributed by atoms with Crippen molar-refractivity contribution in [1.82, 2.24) is 9.97 Å². The van der Waals surface area contributed by atoms with Crippen molar-refractivity contribution in [2.24, 2.45) is 5.41 Å². The number of aromatic nitrogens is 2. The van der Waals surface area contributed by atoms with Crippen molar-refractivity contribution < 1.29 is 22.7 Å². The van der Waals surface area contributed by atoms with Gasteiger partial charge in [-0.2, -0.15) is 13.2 Å². The number of hydrogen-bond donors (Lipinski definition) is 1. The van der Waals surface area contributed by atoms with E-state index in [2.05, 4.69) is 52.7 Å². The van der Waals surface area contributed by atoms with Gasteiger partial charge in [-0.3, -0.25) is 9.97 Å². The zero-order chi connectivity index (χ0) is 28.1. The topological polar surface area (TPSA) is 55.2 Å². The highest BCUT2D eigenvalue weighted by atomic mass is 28.4. The van der Waals surface area contributed by atoms with Gasteiger partial charge >= 0.3 is 6.18 Å². The molecular weight excluding hydrogens is 493 g/mol. The Labute approximate surface area is 221 Å². The molecule has 1 N–H and O–H groups in total. The lowest BCUT2D eigenvalue weighted by atomic mass is 9.70. The monoisotopic (exact) mass is 536 g/mol. The van der Waals surface area contributed by atoms with E-state index in [9.17, 15) is 18.3 Å². The highest BCUT2D eigenvalue weighted by molar-refractivity contribution is 6.74. The summed E-state index contributed by atoms with van der Waals surface area (Å²) in [7, 11) is -2.14. The van der Waals surface area contributed by atoms with Crippen LogP contribution in [0.1, 0.15) is 119 Å². The van der Waals surface area contributed by atoms with E-state index in [4.69, 9.17) is 9.41 Å². The third-order valence-electron chi connectivity index (χ3n) is 8.56. The molecule has 0 fully saturated rings. The molecule has 0 saturated heterocycles. The van der Waals surface area contributed by atoms with Gasteiger partial charge in [0, 0.05) is 28.7 Å². The Morgan fingerprint density at radius 2 is 1.81 bits per heavy atom. The summed E-state index contributed by atoms with van der Waals surface area (Å²) in [6.07, 6.45) is -2.36. The van der Waals surface area contributed by atoms with Crippen LogP contribution in [0.15, 0.2) is 18.3 Å². The van der Waals surface area contributed by atoms with E-state index < -0.39 is 26.2 Å². The molecule has 37 heavy (non-hydrogen) atoms. The first-order chi connectivity index (χ1) is 16.8. The van der Waals surface area contributed by atoms with E-state index >= 15 is 0 Å². The smallest absolute Gasteiger partial charge is 0.410 e. The summed E-state index contributed by atoms with van der Waals surface area (Å²) < 4.78 is 46.3. The highest BCUT2D eigenvalue weighted by Crippen LogP contribution is 2.50. The van der Waals surface area contributed by atoms with Gasteiger partial charge in [0.1, 0.15) is 6.10 Å². The molecule has 206 valence electrons. The zero-order valence-electron chi connectivity index (χ0n) is 24.0. The summed E-state index contributed by atoms with van der Waals surface area (Å²) in [6.45, 7) is 21.7. The average molecular weight is 537 g/mol. The van der Waals surface area contributed by atoms with Crippen LogP contribution in [0.5, 0.6) is 0 Å². The molecule has 0 spiro atoms. The van der Waals surface area contributed by atoms with Crippen molar-refractivity contribution in [2.75, 3.05) is 0 Å². The summed E-state index contributed by atoms with van der Waals surface area (Å²) >= 11 is 0. The van der Waals surface area contributed by atoms with Crippen molar-refractivity contribution >= 4 is 8.32 Å². The third kappa shape index (κ3) is 5.96. The first kappa shape index (κ1) is 29.8. The number of alkyl halides is 3. The molecule has 0 aliphatic heterocycles. The number of rotatable bonds is 6. The summed E-state index contributed by atoms with van der Waals surface area (Å²) in [6, 6.07) is 2.23. The molecule has 8 heteroatoms. The summed E-state index contributed by atoms with van der Waals surface area (Å²) in [5.74, 6) is 0.0117. The first-order valence-electron chi connectivity index (χ1n) is 13.2. The molecule has 1 aliphatic rings. The molecule has 3 unspecified atom stereocenters. The molecule has 0 radical (unpaired) electrons. The van der Waals surface area contributed by atoms with Gasteiger partial charge in [0.2, 0.25) is 0 Å². The molecule has 2 aromatic heterocycles. The fourth-order valence-corrected chi connectivity index (χ4v) is 6.24. The fourth-order valence-electron chi connectivity index (χ4n) is 4.98. The largest absolute Gasteiger partial charge is 0.417 e. The molecule has 0 aromatic carbocycles. The van der Waals surface area contributed by atoms with E-state index in [-0.39, 0.29) is 28.2 Å². The minimum absolute atomic E-state index is 0.0117. The second-order valence-corrected chi connectivity index (χ2v) is 17.6. The minimum Gasteiger partial charge on any atom is -0.410 e. The molecule has 3 atom stereocenters. The van der Waals surface area contributed by atoms with Crippen LogP contribution in [0.4, 0.5) is 13.2 Å². The molecule has 3 rings (SSSR count). The van der Waals surface area contributed by atoms with E-state index in [0.717, 1.165) is 54.0 Å². The zero-order valence-corrected chi connectivity index (χ0v) is 25.0. The predicted octanol–water partition coefficient (Wildman–Crippen LogP) is 8.43. The summed E-state index contributed by atoms with van der Waals surface area (Å²) in [5.41, 5.74) is 3.72. The lowest BCUT2D eigenvalue weighted by molar-refractivity contribution is -0.137. The third-order valence-corrected chi connectivity index (χ3v) is 13.0. The number of aliphatic hydroxyl groups excluding tert-OH is 1.